The van der Waals surface area contributed by atoms with Gasteiger partial charge in [0, 0.05) is 19.0 Å². The third kappa shape index (κ3) is 1.99. The number of carbonyl (C=O) groups excluding carboxylic acids is 1. The number of anilines is 1. The molecule has 1 amide bonds. The molecule has 6 heteroatoms. The lowest BCUT2D eigenvalue weighted by molar-refractivity contribution is -0.117. The summed E-state index contributed by atoms with van der Waals surface area (Å²) >= 11 is 5.65. The average molecular weight is 282 g/mol. The van der Waals surface area contributed by atoms with Crippen molar-refractivity contribution < 1.29 is 9.18 Å². The van der Waals surface area contributed by atoms with E-state index < -0.39 is 0 Å². The van der Waals surface area contributed by atoms with Crippen molar-refractivity contribution in [2.24, 2.45) is 5.92 Å². The van der Waals surface area contributed by atoms with Crippen LogP contribution in [0.1, 0.15) is 6.42 Å². The van der Waals surface area contributed by atoms with E-state index in [0.717, 1.165) is 4.70 Å². The summed E-state index contributed by atoms with van der Waals surface area (Å²) in [5.41, 5.74) is 0.608. The first-order valence-electron chi connectivity index (χ1n) is 5.64. The molecular formula is C12H11FN2OS2. The Bertz CT molecular complexity index is 613. The van der Waals surface area contributed by atoms with Crippen LogP contribution in [0.5, 0.6) is 0 Å². The highest BCUT2D eigenvalue weighted by Gasteiger charge is 2.31. The number of hydrogen-bond acceptors (Lipinski definition) is 4. The monoisotopic (exact) mass is 282 g/mol. The van der Waals surface area contributed by atoms with E-state index >= 15 is 0 Å². The summed E-state index contributed by atoms with van der Waals surface area (Å²) in [5, 5.41) is 0.657. The van der Waals surface area contributed by atoms with Crippen LogP contribution in [0.15, 0.2) is 18.2 Å². The molecule has 18 heavy (non-hydrogen) atoms. The minimum Gasteiger partial charge on any atom is -0.288 e. The number of amides is 1. The second kappa shape index (κ2) is 4.51. The van der Waals surface area contributed by atoms with E-state index in [-0.39, 0.29) is 17.6 Å². The molecule has 2 aromatic rings. The lowest BCUT2D eigenvalue weighted by Crippen LogP contribution is -2.24. The van der Waals surface area contributed by atoms with Crippen molar-refractivity contribution in [2.45, 2.75) is 6.42 Å². The minimum atomic E-state index is -0.305. The fourth-order valence-corrected chi connectivity index (χ4v) is 3.31. The second-order valence-corrected chi connectivity index (χ2v) is 5.74. The Morgan fingerprint density at radius 3 is 3.11 bits per heavy atom. The maximum absolute atomic E-state index is 13.1. The molecule has 1 aliphatic heterocycles. The van der Waals surface area contributed by atoms with Gasteiger partial charge in [-0.1, -0.05) is 11.3 Å². The van der Waals surface area contributed by atoms with Crippen molar-refractivity contribution in [2.75, 3.05) is 17.2 Å². The average Bonchev–Trinajstić information content (AvgIpc) is 2.91. The van der Waals surface area contributed by atoms with Gasteiger partial charge in [-0.2, -0.15) is 12.6 Å². The van der Waals surface area contributed by atoms with Gasteiger partial charge in [0.2, 0.25) is 5.91 Å². The van der Waals surface area contributed by atoms with Gasteiger partial charge in [-0.15, -0.1) is 0 Å². The van der Waals surface area contributed by atoms with E-state index in [4.69, 9.17) is 0 Å². The maximum Gasteiger partial charge on any atom is 0.229 e. The molecule has 0 N–H and O–H groups in total. The molecule has 1 aromatic heterocycles. The highest BCUT2D eigenvalue weighted by atomic mass is 32.1. The molecule has 94 valence electrons. The van der Waals surface area contributed by atoms with Gasteiger partial charge in [-0.25, -0.2) is 9.37 Å². The summed E-state index contributed by atoms with van der Waals surface area (Å²) in [6.45, 7) is 0.657. The Morgan fingerprint density at radius 2 is 2.39 bits per heavy atom. The summed E-state index contributed by atoms with van der Waals surface area (Å²) in [6.07, 6.45) is 0.522. The first kappa shape index (κ1) is 11.9. The summed E-state index contributed by atoms with van der Waals surface area (Å²) in [6, 6.07) is 4.50. The van der Waals surface area contributed by atoms with Gasteiger partial charge in [0.1, 0.15) is 5.82 Å². The highest BCUT2D eigenvalue weighted by Crippen LogP contribution is 2.33. The van der Waals surface area contributed by atoms with Crippen LogP contribution in [0.3, 0.4) is 0 Å². The number of rotatable bonds is 2. The van der Waals surface area contributed by atoms with Crippen molar-refractivity contribution in [1.29, 1.82) is 0 Å². The van der Waals surface area contributed by atoms with E-state index in [1.165, 1.54) is 23.5 Å². The third-order valence-corrected chi connectivity index (χ3v) is 4.61. The number of carbonyl (C=O) groups is 1. The number of thiazole rings is 1. The normalized spacial score (nSPS) is 20.0. The quantitative estimate of drug-likeness (QED) is 0.859. The molecule has 1 atom stereocenters. The Balaban J connectivity index is 1.97. The van der Waals surface area contributed by atoms with Gasteiger partial charge >= 0.3 is 0 Å². The fraction of sp³-hybridized carbons (Fsp3) is 0.333. The molecule has 0 radical (unpaired) electrons. The molecule has 2 heterocycles. The number of hydrogen-bond donors (Lipinski definition) is 1. The van der Waals surface area contributed by atoms with Gasteiger partial charge in [-0.3, -0.25) is 9.69 Å². The predicted octanol–water partition coefficient (Wildman–Crippen LogP) is 2.72. The van der Waals surface area contributed by atoms with Crippen molar-refractivity contribution in [3.63, 3.8) is 0 Å². The Morgan fingerprint density at radius 1 is 1.56 bits per heavy atom. The van der Waals surface area contributed by atoms with Crippen molar-refractivity contribution in [3.05, 3.63) is 24.0 Å². The van der Waals surface area contributed by atoms with Crippen LogP contribution in [0.4, 0.5) is 9.52 Å². The number of aromatic nitrogens is 1. The number of thiol groups is 1. The molecular weight excluding hydrogens is 271 g/mol. The lowest BCUT2D eigenvalue weighted by atomic mass is 10.1. The van der Waals surface area contributed by atoms with E-state index in [2.05, 4.69) is 17.6 Å². The number of fused-ring (bicyclic) bond motifs is 1. The van der Waals surface area contributed by atoms with Crippen LogP contribution in [0.2, 0.25) is 0 Å². The van der Waals surface area contributed by atoms with Crippen LogP contribution < -0.4 is 4.90 Å². The van der Waals surface area contributed by atoms with Gasteiger partial charge in [0.15, 0.2) is 5.13 Å². The predicted molar refractivity (Wildman–Crippen MR) is 73.9 cm³/mol. The van der Waals surface area contributed by atoms with Crippen molar-refractivity contribution >= 4 is 45.2 Å². The molecule has 0 aliphatic carbocycles. The van der Waals surface area contributed by atoms with Gasteiger partial charge in [-0.05, 0) is 23.8 Å². The van der Waals surface area contributed by atoms with E-state index in [0.29, 0.717) is 29.4 Å². The molecule has 1 unspecified atom stereocenters. The van der Waals surface area contributed by atoms with Crippen LogP contribution in [0, 0.1) is 11.7 Å². The molecule has 1 saturated heterocycles. The summed E-state index contributed by atoms with van der Waals surface area (Å²) < 4.78 is 14.0. The van der Waals surface area contributed by atoms with Crippen LogP contribution in [0.25, 0.3) is 10.2 Å². The number of halogens is 1. The maximum atomic E-state index is 13.1. The van der Waals surface area contributed by atoms with Crippen molar-refractivity contribution in [3.8, 4) is 0 Å². The molecule has 0 saturated carbocycles. The number of benzene rings is 1. The lowest BCUT2D eigenvalue weighted by Gasteiger charge is -2.11. The van der Waals surface area contributed by atoms with Crippen LogP contribution in [-0.2, 0) is 4.79 Å². The van der Waals surface area contributed by atoms with E-state index in [9.17, 15) is 9.18 Å². The number of nitrogens with zero attached hydrogens (tertiary/aromatic N) is 2. The highest BCUT2D eigenvalue weighted by molar-refractivity contribution is 7.80. The fourth-order valence-electron chi connectivity index (χ4n) is 2.09. The SMILES string of the molecule is O=C1CC(CS)CN1c1nc2cc(F)ccc2s1. The van der Waals surface area contributed by atoms with Gasteiger partial charge in [0.25, 0.3) is 0 Å². The van der Waals surface area contributed by atoms with Gasteiger partial charge in [0.05, 0.1) is 10.2 Å². The first-order chi connectivity index (χ1) is 8.67. The second-order valence-electron chi connectivity index (χ2n) is 4.37. The largest absolute Gasteiger partial charge is 0.288 e. The molecule has 3 nitrogen and oxygen atoms in total. The Hall–Kier alpha value is -1.14. The van der Waals surface area contributed by atoms with Gasteiger partial charge < -0.3 is 0 Å². The topological polar surface area (TPSA) is 33.2 Å². The van der Waals surface area contributed by atoms with Crippen LogP contribution >= 0.6 is 24.0 Å². The summed E-state index contributed by atoms with van der Waals surface area (Å²) in [7, 11) is 0. The molecule has 1 aromatic carbocycles. The zero-order valence-corrected chi connectivity index (χ0v) is 11.2. The first-order valence-corrected chi connectivity index (χ1v) is 7.09. The minimum absolute atomic E-state index is 0.0774. The third-order valence-electron chi connectivity index (χ3n) is 3.03. The standard InChI is InChI=1S/C12H11FN2OS2/c13-8-1-2-10-9(4-8)14-12(18-10)15-5-7(6-17)3-11(15)16/h1-2,4,7,17H,3,5-6H2. The smallest absolute Gasteiger partial charge is 0.229 e. The van der Waals surface area contributed by atoms with E-state index in [1.54, 1.807) is 11.0 Å². The molecule has 1 aliphatic rings. The molecule has 0 bridgehead atoms. The Kier molecular flexibility index (Phi) is 2.99. The van der Waals surface area contributed by atoms with Crippen molar-refractivity contribution in [1.82, 2.24) is 4.98 Å². The zero-order valence-electron chi connectivity index (χ0n) is 9.47. The summed E-state index contributed by atoms with van der Waals surface area (Å²) in [5.74, 6) is 0.750. The molecule has 0 spiro atoms. The molecule has 1 fully saturated rings. The summed E-state index contributed by atoms with van der Waals surface area (Å²) in [4.78, 5) is 17.9. The Labute approximate surface area is 113 Å². The van der Waals surface area contributed by atoms with Crippen LogP contribution in [-0.4, -0.2) is 23.2 Å². The zero-order chi connectivity index (χ0) is 12.7. The van der Waals surface area contributed by atoms with E-state index in [1.807, 2.05) is 0 Å². The molecule has 3 rings (SSSR count).